The molecule has 1 aliphatic rings. The number of benzene rings is 3. The zero-order chi connectivity index (χ0) is 24.1. The molecular formula is C27H29FN2O4. The molecule has 2 N–H and O–H groups in total. The molecule has 7 heteroatoms. The van der Waals surface area contributed by atoms with Crippen LogP contribution in [0.15, 0.2) is 60.7 Å². The second kappa shape index (κ2) is 10.7. The zero-order valence-electron chi connectivity index (χ0n) is 19.2. The van der Waals surface area contributed by atoms with E-state index in [1.807, 2.05) is 24.3 Å². The number of hydrogen-bond donors (Lipinski definition) is 2. The number of aliphatic hydroxyl groups excluding tert-OH is 1. The van der Waals surface area contributed by atoms with Crippen molar-refractivity contribution in [1.82, 2.24) is 10.2 Å². The highest BCUT2D eigenvalue weighted by Gasteiger charge is 2.30. The summed E-state index contributed by atoms with van der Waals surface area (Å²) in [5, 5.41) is 14.3. The lowest BCUT2D eigenvalue weighted by Gasteiger charge is -2.32. The van der Waals surface area contributed by atoms with E-state index in [0.717, 1.165) is 22.8 Å². The van der Waals surface area contributed by atoms with Crippen LogP contribution in [0, 0.1) is 11.7 Å². The van der Waals surface area contributed by atoms with Gasteiger partial charge in [-0.05, 0) is 48.1 Å². The minimum absolute atomic E-state index is 0.101. The first-order valence-electron chi connectivity index (χ1n) is 11.5. The van der Waals surface area contributed by atoms with Gasteiger partial charge in [0.15, 0.2) is 0 Å². The number of rotatable bonds is 7. The van der Waals surface area contributed by atoms with Crippen LogP contribution in [0.5, 0.6) is 5.75 Å². The Morgan fingerprint density at radius 3 is 2.56 bits per heavy atom. The molecule has 0 saturated carbocycles. The maximum Gasteiger partial charge on any atom is 0.254 e. The molecule has 1 saturated heterocycles. The Balaban J connectivity index is 1.43. The molecule has 0 spiro atoms. The van der Waals surface area contributed by atoms with Crippen molar-refractivity contribution in [3.63, 3.8) is 0 Å². The van der Waals surface area contributed by atoms with Gasteiger partial charge in [-0.3, -0.25) is 9.59 Å². The molecule has 3 aromatic carbocycles. The van der Waals surface area contributed by atoms with Crippen molar-refractivity contribution in [1.29, 1.82) is 0 Å². The average Bonchev–Trinajstić information content (AvgIpc) is 2.88. The maximum absolute atomic E-state index is 13.4. The first kappa shape index (κ1) is 23.7. The van der Waals surface area contributed by atoms with Crippen LogP contribution in [0.1, 0.15) is 34.7 Å². The topological polar surface area (TPSA) is 78.9 Å². The van der Waals surface area contributed by atoms with Crippen molar-refractivity contribution in [3.8, 4) is 5.75 Å². The number of hydrogen-bond acceptors (Lipinski definition) is 4. The summed E-state index contributed by atoms with van der Waals surface area (Å²) in [6.45, 7) is 1.02. The lowest BCUT2D eigenvalue weighted by atomic mass is 9.94. The van der Waals surface area contributed by atoms with E-state index in [2.05, 4.69) is 5.32 Å². The second-order valence-electron chi connectivity index (χ2n) is 8.63. The molecule has 34 heavy (non-hydrogen) atoms. The molecule has 6 nitrogen and oxygen atoms in total. The van der Waals surface area contributed by atoms with Gasteiger partial charge in [-0.15, -0.1) is 0 Å². The average molecular weight is 465 g/mol. The summed E-state index contributed by atoms with van der Waals surface area (Å²) in [6.07, 6.45) is 1.43. The van der Waals surface area contributed by atoms with E-state index in [9.17, 15) is 19.1 Å². The van der Waals surface area contributed by atoms with Gasteiger partial charge >= 0.3 is 0 Å². The van der Waals surface area contributed by atoms with E-state index in [4.69, 9.17) is 4.74 Å². The SMILES string of the molecule is COc1ccc(C(=O)N2CCCC(C(=O)NCC(CO)c3ccc(F)cc3)C2)c2ccccc12. The molecule has 4 rings (SSSR count). The van der Waals surface area contributed by atoms with Crippen molar-refractivity contribution >= 4 is 22.6 Å². The first-order chi connectivity index (χ1) is 16.5. The maximum atomic E-state index is 13.4. The summed E-state index contributed by atoms with van der Waals surface area (Å²) in [6, 6.07) is 17.1. The Morgan fingerprint density at radius 1 is 1.12 bits per heavy atom. The quantitative estimate of drug-likeness (QED) is 0.559. The minimum Gasteiger partial charge on any atom is -0.496 e. The highest BCUT2D eigenvalue weighted by Crippen LogP contribution is 2.30. The number of aliphatic hydroxyl groups is 1. The van der Waals surface area contributed by atoms with Crippen LogP contribution in [-0.2, 0) is 4.79 Å². The van der Waals surface area contributed by atoms with Gasteiger partial charge in [-0.1, -0.05) is 36.4 Å². The fraction of sp³-hybridized carbons (Fsp3) is 0.333. The summed E-state index contributed by atoms with van der Waals surface area (Å²) >= 11 is 0. The monoisotopic (exact) mass is 464 g/mol. The second-order valence-corrected chi connectivity index (χ2v) is 8.63. The van der Waals surface area contributed by atoms with Crippen molar-refractivity contribution in [2.75, 3.05) is 33.4 Å². The number of fused-ring (bicyclic) bond motifs is 1. The Labute approximate surface area is 198 Å². The number of likely N-dealkylation sites (tertiary alicyclic amines) is 1. The van der Waals surface area contributed by atoms with Crippen LogP contribution in [-0.4, -0.2) is 55.2 Å². The van der Waals surface area contributed by atoms with Gasteiger partial charge in [-0.25, -0.2) is 4.39 Å². The summed E-state index contributed by atoms with van der Waals surface area (Å²) in [7, 11) is 1.61. The van der Waals surface area contributed by atoms with Crippen LogP contribution >= 0.6 is 0 Å². The standard InChI is InChI=1S/C27H29FN2O4/c1-34-25-13-12-24(22-6-2-3-7-23(22)25)27(33)30-14-4-5-19(16-30)26(32)29-15-20(17-31)18-8-10-21(28)11-9-18/h2-3,6-13,19-20,31H,4-5,14-17H2,1H3,(H,29,32). The molecule has 0 aliphatic carbocycles. The van der Waals surface area contributed by atoms with Crippen LogP contribution in [0.4, 0.5) is 4.39 Å². The van der Waals surface area contributed by atoms with E-state index in [0.29, 0.717) is 30.8 Å². The van der Waals surface area contributed by atoms with Crippen molar-refractivity contribution in [2.45, 2.75) is 18.8 Å². The molecular weight excluding hydrogens is 435 g/mol. The van der Waals surface area contributed by atoms with Crippen LogP contribution < -0.4 is 10.1 Å². The van der Waals surface area contributed by atoms with Crippen molar-refractivity contribution in [2.24, 2.45) is 5.92 Å². The number of nitrogens with zero attached hydrogens (tertiary/aromatic N) is 1. The molecule has 178 valence electrons. The molecule has 2 atom stereocenters. The van der Waals surface area contributed by atoms with Crippen LogP contribution in [0.2, 0.25) is 0 Å². The van der Waals surface area contributed by atoms with Crippen LogP contribution in [0.25, 0.3) is 10.8 Å². The van der Waals surface area contributed by atoms with Crippen LogP contribution in [0.3, 0.4) is 0 Å². The Morgan fingerprint density at radius 2 is 1.85 bits per heavy atom. The third-order valence-corrected chi connectivity index (χ3v) is 6.50. The molecule has 0 radical (unpaired) electrons. The van der Waals surface area contributed by atoms with Gasteiger partial charge in [0.1, 0.15) is 11.6 Å². The molecule has 0 aromatic heterocycles. The fourth-order valence-corrected chi connectivity index (χ4v) is 4.57. The third-order valence-electron chi connectivity index (χ3n) is 6.50. The van der Waals surface area contributed by atoms with Gasteiger partial charge in [0.25, 0.3) is 5.91 Å². The molecule has 1 heterocycles. The number of carbonyl (C=O) groups excluding carboxylic acids is 2. The molecule has 1 aliphatic heterocycles. The highest BCUT2D eigenvalue weighted by atomic mass is 19.1. The van der Waals surface area contributed by atoms with Crippen molar-refractivity contribution in [3.05, 3.63) is 77.6 Å². The summed E-state index contributed by atoms with van der Waals surface area (Å²) in [5.74, 6) is -0.524. The smallest absolute Gasteiger partial charge is 0.254 e. The number of methoxy groups -OCH3 is 1. The van der Waals surface area contributed by atoms with Gasteiger partial charge in [-0.2, -0.15) is 0 Å². The summed E-state index contributed by atoms with van der Waals surface area (Å²) < 4.78 is 18.6. The predicted molar refractivity (Wildman–Crippen MR) is 128 cm³/mol. The Bertz CT molecular complexity index is 1170. The highest BCUT2D eigenvalue weighted by molar-refractivity contribution is 6.08. The summed E-state index contributed by atoms with van der Waals surface area (Å²) in [5.41, 5.74) is 1.35. The lowest BCUT2D eigenvalue weighted by molar-refractivity contribution is -0.126. The van der Waals surface area contributed by atoms with E-state index >= 15 is 0 Å². The largest absolute Gasteiger partial charge is 0.496 e. The van der Waals surface area contributed by atoms with E-state index in [1.54, 1.807) is 36.3 Å². The van der Waals surface area contributed by atoms with Gasteiger partial charge in [0.05, 0.1) is 19.6 Å². The normalized spacial score (nSPS) is 16.8. The number of amides is 2. The predicted octanol–water partition coefficient (Wildman–Crippen LogP) is 3.73. The molecule has 1 fully saturated rings. The third kappa shape index (κ3) is 5.04. The van der Waals surface area contributed by atoms with E-state index < -0.39 is 0 Å². The zero-order valence-corrected chi connectivity index (χ0v) is 19.2. The number of carbonyl (C=O) groups is 2. The summed E-state index contributed by atoms with van der Waals surface area (Å²) in [4.78, 5) is 28.0. The fourth-order valence-electron chi connectivity index (χ4n) is 4.57. The first-order valence-corrected chi connectivity index (χ1v) is 11.5. The molecule has 3 aromatic rings. The molecule has 2 unspecified atom stereocenters. The van der Waals surface area contributed by atoms with Gasteiger partial charge < -0.3 is 20.1 Å². The number of piperidine rings is 1. The van der Waals surface area contributed by atoms with E-state index in [1.165, 1.54) is 12.1 Å². The van der Waals surface area contributed by atoms with Gasteiger partial charge in [0, 0.05) is 36.5 Å². The minimum atomic E-state index is -0.346. The number of nitrogens with one attached hydrogen (secondary N) is 1. The lowest BCUT2D eigenvalue weighted by Crippen LogP contribution is -2.46. The Hall–Kier alpha value is -3.45. The van der Waals surface area contributed by atoms with Gasteiger partial charge in [0.2, 0.25) is 5.91 Å². The number of ether oxygens (including phenoxy) is 1. The Kier molecular flexibility index (Phi) is 7.43. The van der Waals surface area contributed by atoms with E-state index in [-0.39, 0.29) is 42.6 Å². The molecule has 0 bridgehead atoms. The molecule has 2 amide bonds. The van der Waals surface area contributed by atoms with Crippen molar-refractivity contribution < 1.29 is 23.8 Å². The number of halogens is 1.